The average molecular weight is 196 g/mol. The molecule has 1 rings (SSSR count). The maximum Gasteiger partial charge on any atom is 0.329 e. The summed E-state index contributed by atoms with van der Waals surface area (Å²) in [6.45, 7) is 3.67. The Hall–Kier alpha value is -1.85. The first-order valence-corrected chi connectivity index (χ1v) is 4.01. The molecule has 0 saturated carbocycles. The molecule has 1 aliphatic heterocycles. The molecule has 0 aromatic carbocycles. The van der Waals surface area contributed by atoms with E-state index in [0.29, 0.717) is 0 Å². The van der Waals surface area contributed by atoms with Gasteiger partial charge in [-0.05, 0) is 0 Å². The van der Waals surface area contributed by atoms with E-state index in [4.69, 9.17) is 0 Å². The maximum absolute atomic E-state index is 11.3. The molecule has 0 atom stereocenters. The molecule has 0 radical (unpaired) electrons. The van der Waals surface area contributed by atoms with Gasteiger partial charge in [0, 0.05) is 14.1 Å². The van der Waals surface area contributed by atoms with Gasteiger partial charge in [-0.1, -0.05) is 6.58 Å². The van der Waals surface area contributed by atoms with Crippen molar-refractivity contribution in [2.45, 2.75) is 0 Å². The van der Waals surface area contributed by atoms with Crippen LogP contribution < -0.4 is 5.32 Å². The van der Waals surface area contributed by atoms with Crippen LogP contribution in [0.5, 0.6) is 0 Å². The lowest BCUT2D eigenvalue weighted by Gasteiger charge is -2.14. The van der Waals surface area contributed by atoms with Gasteiger partial charge in [-0.2, -0.15) is 0 Å². The van der Waals surface area contributed by atoms with Crippen molar-refractivity contribution < 1.29 is 9.59 Å². The van der Waals surface area contributed by atoms with Gasteiger partial charge in [0.1, 0.15) is 5.82 Å². The first kappa shape index (κ1) is 10.2. The summed E-state index contributed by atoms with van der Waals surface area (Å²) in [5.41, 5.74) is 0. The second-order valence-electron chi connectivity index (χ2n) is 2.99. The SMILES string of the molecule is C=C1N=CN(C)CC(=O)NC(=O)N1C. The molecular formula is C8H12N4O2. The molecule has 1 N–H and O–H groups in total. The zero-order valence-electron chi connectivity index (χ0n) is 8.15. The van der Waals surface area contributed by atoms with Crippen molar-refractivity contribution >= 4 is 18.3 Å². The highest BCUT2D eigenvalue weighted by atomic mass is 16.2. The van der Waals surface area contributed by atoms with Crippen molar-refractivity contribution in [2.24, 2.45) is 4.99 Å². The number of carbonyl (C=O) groups is 2. The Morgan fingerprint density at radius 3 is 2.79 bits per heavy atom. The minimum atomic E-state index is -0.521. The predicted molar refractivity (Wildman–Crippen MR) is 51.6 cm³/mol. The van der Waals surface area contributed by atoms with E-state index >= 15 is 0 Å². The normalized spacial score (nSPS) is 18.9. The third-order valence-electron chi connectivity index (χ3n) is 1.74. The van der Waals surface area contributed by atoms with Crippen molar-refractivity contribution in [2.75, 3.05) is 20.6 Å². The van der Waals surface area contributed by atoms with E-state index in [0.717, 1.165) is 0 Å². The Kier molecular flexibility index (Phi) is 2.85. The smallest absolute Gasteiger partial charge is 0.329 e. The molecule has 3 amide bonds. The number of rotatable bonds is 0. The van der Waals surface area contributed by atoms with Crippen LogP contribution in [0.3, 0.4) is 0 Å². The monoisotopic (exact) mass is 196 g/mol. The molecule has 6 nitrogen and oxygen atoms in total. The third-order valence-corrected chi connectivity index (χ3v) is 1.74. The number of amides is 3. The second-order valence-corrected chi connectivity index (χ2v) is 2.99. The van der Waals surface area contributed by atoms with Crippen LogP contribution in [-0.4, -0.2) is 48.7 Å². The first-order chi connectivity index (χ1) is 6.50. The summed E-state index contributed by atoms with van der Waals surface area (Å²) in [6, 6.07) is -0.521. The van der Waals surface area contributed by atoms with E-state index in [2.05, 4.69) is 16.9 Å². The van der Waals surface area contributed by atoms with Gasteiger partial charge in [0.2, 0.25) is 5.91 Å². The molecule has 0 unspecified atom stereocenters. The molecule has 0 spiro atoms. The highest BCUT2D eigenvalue weighted by Crippen LogP contribution is 2.01. The summed E-state index contributed by atoms with van der Waals surface area (Å²) in [6.07, 6.45) is 1.46. The molecule has 0 aliphatic carbocycles. The van der Waals surface area contributed by atoms with Crippen LogP contribution >= 0.6 is 0 Å². The van der Waals surface area contributed by atoms with Gasteiger partial charge in [0.15, 0.2) is 0 Å². The van der Waals surface area contributed by atoms with E-state index in [9.17, 15) is 9.59 Å². The van der Waals surface area contributed by atoms with Gasteiger partial charge in [0.25, 0.3) is 0 Å². The van der Waals surface area contributed by atoms with Crippen molar-refractivity contribution in [1.29, 1.82) is 0 Å². The lowest BCUT2D eigenvalue weighted by Crippen LogP contribution is -2.42. The minimum Gasteiger partial charge on any atom is -0.356 e. The number of urea groups is 1. The molecule has 6 heteroatoms. The zero-order chi connectivity index (χ0) is 10.7. The largest absolute Gasteiger partial charge is 0.356 e. The van der Waals surface area contributed by atoms with Crippen LogP contribution in [0.2, 0.25) is 0 Å². The zero-order valence-corrected chi connectivity index (χ0v) is 8.15. The second kappa shape index (κ2) is 3.91. The number of likely N-dealkylation sites (N-methyl/N-ethyl adjacent to an activating group) is 1. The summed E-state index contributed by atoms with van der Waals surface area (Å²) >= 11 is 0. The van der Waals surface area contributed by atoms with E-state index in [1.54, 1.807) is 11.9 Å². The summed E-state index contributed by atoms with van der Waals surface area (Å²) in [5, 5.41) is 2.20. The van der Waals surface area contributed by atoms with Crippen LogP contribution in [0.4, 0.5) is 4.79 Å². The number of imide groups is 1. The summed E-state index contributed by atoms with van der Waals surface area (Å²) in [7, 11) is 3.18. The van der Waals surface area contributed by atoms with E-state index in [1.165, 1.54) is 18.3 Å². The molecule has 76 valence electrons. The van der Waals surface area contributed by atoms with Crippen molar-refractivity contribution in [3.63, 3.8) is 0 Å². The predicted octanol–water partition coefficient (Wildman–Crippen LogP) is -0.401. The van der Waals surface area contributed by atoms with Gasteiger partial charge < -0.3 is 4.90 Å². The third kappa shape index (κ3) is 2.32. The number of aliphatic imine (C=N–C) groups is 1. The van der Waals surface area contributed by atoms with Crippen molar-refractivity contribution in [1.82, 2.24) is 15.1 Å². The number of carbonyl (C=O) groups excluding carboxylic acids is 2. The lowest BCUT2D eigenvalue weighted by molar-refractivity contribution is -0.120. The number of nitrogens with one attached hydrogen (secondary N) is 1. The Balaban J connectivity index is 2.88. The Bertz CT molecular complexity index is 310. The van der Waals surface area contributed by atoms with Gasteiger partial charge in [0.05, 0.1) is 12.9 Å². The molecule has 1 aliphatic rings. The van der Waals surface area contributed by atoms with Gasteiger partial charge in [-0.15, -0.1) is 0 Å². The van der Waals surface area contributed by atoms with Crippen LogP contribution in [0.15, 0.2) is 17.4 Å². The van der Waals surface area contributed by atoms with E-state index in [-0.39, 0.29) is 18.3 Å². The number of hydrogen-bond acceptors (Lipinski definition) is 4. The first-order valence-electron chi connectivity index (χ1n) is 4.01. The summed E-state index contributed by atoms with van der Waals surface area (Å²) in [4.78, 5) is 29.1. The Morgan fingerprint density at radius 1 is 1.50 bits per heavy atom. The number of nitrogens with zero attached hydrogens (tertiary/aromatic N) is 3. The molecule has 0 aromatic heterocycles. The average Bonchev–Trinajstić information content (AvgIpc) is 2.14. The molecule has 0 aromatic rings. The fourth-order valence-corrected chi connectivity index (χ4v) is 0.879. The minimum absolute atomic E-state index is 0.0936. The number of hydrogen-bond donors (Lipinski definition) is 1. The topological polar surface area (TPSA) is 65.0 Å². The fraction of sp³-hybridized carbons (Fsp3) is 0.375. The van der Waals surface area contributed by atoms with Crippen molar-refractivity contribution in [3.8, 4) is 0 Å². The maximum atomic E-state index is 11.3. The van der Waals surface area contributed by atoms with Gasteiger partial charge >= 0.3 is 6.03 Å². The highest BCUT2D eigenvalue weighted by molar-refractivity contribution is 5.96. The summed E-state index contributed by atoms with van der Waals surface area (Å²) in [5.74, 6) is -0.0884. The van der Waals surface area contributed by atoms with E-state index < -0.39 is 6.03 Å². The van der Waals surface area contributed by atoms with E-state index in [1.807, 2.05) is 0 Å². The molecule has 14 heavy (non-hydrogen) atoms. The molecule has 0 bridgehead atoms. The lowest BCUT2D eigenvalue weighted by atomic mass is 10.5. The quantitative estimate of drug-likeness (QED) is 0.573. The van der Waals surface area contributed by atoms with Crippen LogP contribution in [0, 0.1) is 0 Å². The van der Waals surface area contributed by atoms with Crippen LogP contribution in [0.25, 0.3) is 0 Å². The molecule has 0 saturated heterocycles. The Labute approximate surface area is 81.9 Å². The van der Waals surface area contributed by atoms with Gasteiger partial charge in [-0.3, -0.25) is 15.0 Å². The standard InChI is InChI=1S/C8H12N4O2/c1-6-9-5-11(2)4-7(13)10-8(14)12(6)3/h5H,1,4H2,2-3H3,(H,10,13,14). The van der Waals surface area contributed by atoms with Crippen LogP contribution in [0.1, 0.15) is 0 Å². The molecular weight excluding hydrogens is 184 g/mol. The molecule has 1 heterocycles. The fourth-order valence-electron chi connectivity index (χ4n) is 0.879. The Morgan fingerprint density at radius 2 is 2.14 bits per heavy atom. The van der Waals surface area contributed by atoms with Crippen molar-refractivity contribution in [3.05, 3.63) is 12.4 Å². The summed E-state index contributed by atoms with van der Waals surface area (Å²) < 4.78 is 0. The molecule has 0 fully saturated rings. The highest BCUT2D eigenvalue weighted by Gasteiger charge is 2.16. The van der Waals surface area contributed by atoms with Crippen LogP contribution in [-0.2, 0) is 4.79 Å². The van der Waals surface area contributed by atoms with Gasteiger partial charge in [-0.25, -0.2) is 9.79 Å².